The van der Waals surface area contributed by atoms with Gasteiger partial charge in [0.25, 0.3) is 5.91 Å². The number of hydrogen-bond acceptors (Lipinski definition) is 4. The number of ether oxygens (including phenoxy) is 1. The van der Waals surface area contributed by atoms with E-state index in [0.29, 0.717) is 12.8 Å². The highest BCUT2D eigenvalue weighted by Crippen LogP contribution is 2.30. The highest BCUT2D eigenvalue weighted by Gasteiger charge is 2.33. The van der Waals surface area contributed by atoms with Crippen molar-refractivity contribution in [3.05, 3.63) is 0 Å². The van der Waals surface area contributed by atoms with Gasteiger partial charge in [0.1, 0.15) is 6.54 Å². The van der Waals surface area contributed by atoms with E-state index in [0.717, 1.165) is 25.7 Å². The zero-order valence-electron chi connectivity index (χ0n) is 12.5. The highest BCUT2D eigenvalue weighted by molar-refractivity contribution is 5.83. The van der Waals surface area contributed by atoms with E-state index in [4.69, 9.17) is 4.74 Å². The molecule has 0 aromatic rings. The zero-order valence-corrected chi connectivity index (χ0v) is 12.5. The van der Waals surface area contributed by atoms with Gasteiger partial charge in [-0.3, -0.25) is 9.59 Å². The van der Waals surface area contributed by atoms with E-state index in [1.165, 1.54) is 6.92 Å². The van der Waals surface area contributed by atoms with Crippen LogP contribution >= 0.6 is 0 Å². The van der Waals surface area contributed by atoms with Gasteiger partial charge in [0.2, 0.25) is 0 Å². The standard InChI is InChI=1S/C14H22F3NO4/c1-10(12(20)18-9-14(15,16)17)22-11(19)8-13(21)6-4-2-3-5-7-13/h10,21H,2-9H2,1H3,(H,18,20)/t10-/m1/s1. The average Bonchev–Trinajstić information content (AvgIpc) is 2.59. The molecule has 0 aromatic heterocycles. The molecule has 1 atom stereocenters. The Kier molecular flexibility index (Phi) is 6.65. The van der Waals surface area contributed by atoms with E-state index in [9.17, 15) is 27.9 Å². The molecule has 1 saturated carbocycles. The summed E-state index contributed by atoms with van der Waals surface area (Å²) in [5, 5.41) is 12.0. The van der Waals surface area contributed by atoms with E-state index in [1.54, 1.807) is 5.32 Å². The second-order valence-electron chi connectivity index (χ2n) is 5.78. The summed E-state index contributed by atoms with van der Waals surface area (Å²) in [6, 6.07) is 0. The molecule has 5 nitrogen and oxygen atoms in total. The molecule has 1 aliphatic rings. The molecule has 0 radical (unpaired) electrons. The largest absolute Gasteiger partial charge is 0.452 e. The molecule has 1 aliphatic carbocycles. The number of amides is 1. The van der Waals surface area contributed by atoms with Crippen LogP contribution < -0.4 is 5.32 Å². The Balaban J connectivity index is 2.41. The first kappa shape index (κ1) is 18.7. The van der Waals surface area contributed by atoms with Crippen molar-refractivity contribution in [1.82, 2.24) is 5.32 Å². The predicted molar refractivity (Wildman–Crippen MR) is 71.9 cm³/mol. The van der Waals surface area contributed by atoms with E-state index in [-0.39, 0.29) is 6.42 Å². The van der Waals surface area contributed by atoms with Crippen LogP contribution in [0.5, 0.6) is 0 Å². The molecule has 0 bridgehead atoms. The SMILES string of the molecule is C[C@@H](OC(=O)CC1(O)CCCCCC1)C(=O)NCC(F)(F)F. The van der Waals surface area contributed by atoms with Crippen molar-refractivity contribution < 1.29 is 32.6 Å². The lowest BCUT2D eigenvalue weighted by atomic mass is 9.91. The molecule has 0 aromatic carbocycles. The first-order chi connectivity index (χ1) is 10.1. The minimum atomic E-state index is -4.52. The molecule has 2 N–H and O–H groups in total. The number of carbonyl (C=O) groups is 2. The van der Waals surface area contributed by atoms with Crippen LogP contribution in [0.1, 0.15) is 51.9 Å². The highest BCUT2D eigenvalue weighted by atomic mass is 19.4. The van der Waals surface area contributed by atoms with E-state index < -0.39 is 36.3 Å². The average molecular weight is 325 g/mol. The number of carbonyl (C=O) groups excluding carboxylic acids is 2. The lowest BCUT2D eigenvalue weighted by Crippen LogP contribution is -2.41. The Hall–Kier alpha value is -1.31. The molecule has 1 fully saturated rings. The van der Waals surface area contributed by atoms with Gasteiger partial charge in [0.05, 0.1) is 12.0 Å². The van der Waals surface area contributed by atoms with Gasteiger partial charge in [0.15, 0.2) is 6.10 Å². The fourth-order valence-corrected chi connectivity index (χ4v) is 2.46. The van der Waals surface area contributed by atoms with Crippen LogP contribution in [-0.2, 0) is 14.3 Å². The van der Waals surface area contributed by atoms with Gasteiger partial charge in [-0.25, -0.2) is 0 Å². The Morgan fingerprint density at radius 1 is 1.23 bits per heavy atom. The first-order valence-electron chi connectivity index (χ1n) is 7.38. The van der Waals surface area contributed by atoms with Crippen molar-refractivity contribution in [2.45, 2.75) is 69.8 Å². The molecule has 128 valence electrons. The number of aliphatic hydroxyl groups is 1. The third-order valence-corrected chi connectivity index (χ3v) is 3.65. The van der Waals surface area contributed by atoms with Crippen LogP contribution in [0.15, 0.2) is 0 Å². The van der Waals surface area contributed by atoms with Crippen LogP contribution in [0.4, 0.5) is 13.2 Å². The lowest BCUT2D eigenvalue weighted by Gasteiger charge is -2.26. The maximum absolute atomic E-state index is 12.0. The minimum absolute atomic E-state index is 0.246. The van der Waals surface area contributed by atoms with Gasteiger partial charge >= 0.3 is 12.1 Å². The van der Waals surface area contributed by atoms with Gasteiger partial charge < -0.3 is 15.2 Å². The second kappa shape index (κ2) is 7.80. The molecular weight excluding hydrogens is 303 g/mol. The smallest absolute Gasteiger partial charge is 0.405 e. The van der Waals surface area contributed by atoms with E-state index in [2.05, 4.69) is 0 Å². The molecule has 0 unspecified atom stereocenters. The molecule has 0 aliphatic heterocycles. The summed E-state index contributed by atoms with van der Waals surface area (Å²) in [4.78, 5) is 23.2. The minimum Gasteiger partial charge on any atom is -0.452 e. The summed E-state index contributed by atoms with van der Waals surface area (Å²) in [5.41, 5.74) is -1.14. The molecule has 8 heteroatoms. The van der Waals surface area contributed by atoms with Crippen LogP contribution in [0, 0.1) is 0 Å². The number of nitrogens with one attached hydrogen (secondary N) is 1. The van der Waals surface area contributed by atoms with Crippen molar-refractivity contribution in [3.63, 3.8) is 0 Å². The molecule has 0 heterocycles. The van der Waals surface area contributed by atoms with Crippen molar-refractivity contribution in [2.24, 2.45) is 0 Å². The summed E-state index contributed by atoms with van der Waals surface area (Å²) < 4.78 is 40.8. The topological polar surface area (TPSA) is 75.6 Å². The van der Waals surface area contributed by atoms with E-state index >= 15 is 0 Å². The fraction of sp³-hybridized carbons (Fsp3) is 0.857. The monoisotopic (exact) mass is 325 g/mol. The van der Waals surface area contributed by atoms with Crippen LogP contribution in [0.3, 0.4) is 0 Å². The number of rotatable bonds is 5. The maximum atomic E-state index is 12.0. The van der Waals surface area contributed by atoms with Crippen molar-refractivity contribution >= 4 is 11.9 Å². The van der Waals surface area contributed by atoms with E-state index in [1.807, 2.05) is 0 Å². The van der Waals surface area contributed by atoms with Gasteiger partial charge in [-0.05, 0) is 19.8 Å². The number of esters is 1. The Morgan fingerprint density at radius 2 is 1.77 bits per heavy atom. The van der Waals surface area contributed by atoms with Crippen LogP contribution in [-0.4, -0.2) is 41.4 Å². The Bertz CT molecular complexity index is 390. The molecule has 0 spiro atoms. The fourth-order valence-electron chi connectivity index (χ4n) is 2.46. The van der Waals surface area contributed by atoms with Crippen molar-refractivity contribution in [2.75, 3.05) is 6.54 Å². The summed E-state index contributed by atoms with van der Waals surface area (Å²) in [6.07, 6.45) is -1.52. The van der Waals surface area contributed by atoms with Crippen molar-refractivity contribution in [3.8, 4) is 0 Å². The normalized spacial score (nSPS) is 19.9. The van der Waals surface area contributed by atoms with Gasteiger partial charge in [0, 0.05) is 0 Å². The molecular formula is C14H22F3NO4. The van der Waals surface area contributed by atoms with Crippen LogP contribution in [0.2, 0.25) is 0 Å². The number of halogens is 3. The Labute approximate surface area is 127 Å². The van der Waals surface area contributed by atoms with Gasteiger partial charge in [-0.2, -0.15) is 13.2 Å². The third-order valence-electron chi connectivity index (χ3n) is 3.65. The quantitative estimate of drug-likeness (QED) is 0.599. The predicted octanol–water partition coefficient (Wildman–Crippen LogP) is 2.07. The molecule has 0 saturated heterocycles. The summed E-state index contributed by atoms with van der Waals surface area (Å²) in [6.45, 7) is -0.279. The first-order valence-corrected chi connectivity index (χ1v) is 7.38. The van der Waals surface area contributed by atoms with Crippen molar-refractivity contribution in [1.29, 1.82) is 0 Å². The maximum Gasteiger partial charge on any atom is 0.405 e. The second-order valence-corrected chi connectivity index (χ2v) is 5.78. The molecule has 22 heavy (non-hydrogen) atoms. The van der Waals surface area contributed by atoms with Gasteiger partial charge in [-0.1, -0.05) is 25.7 Å². The molecule has 1 amide bonds. The third kappa shape index (κ3) is 7.11. The van der Waals surface area contributed by atoms with Gasteiger partial charge in [-0.15, -0.1) is 0 Å². The Morgan fingerprint density at radius 3 is 2.27 bits per heavy atom. The van der Waals surface area contributed by atoms with Crippen LogP contribution in [0.25, 0.3) is 0 Å². The molecule has 1 rings (SSSR count). The number of hydrogen-bond donors (Lipinski definition) is 2. The number of alkyl halides is 3. The zero-order chi connectivity index (χ0) is 16.8. The summed E-state index contributed by atoms with van der Waals surface area (Å²) in [5.74, 6) is -1.79. The lowest BCUT2D eigenvalue weighted by molar-refractivity contribution is -0.161. The summed E-state index contributed by atoms with van der Waals surface area (Å²) in [7, 11) is 0. The summed E-state index contributed by atoms with van der Waals surface area (Å²) >= 11 is 0.